The van der Waals surface area contributed by atoms with Crippen molar-refractivity contribution < 1.29 is 27.4 Å². The van der Waals surface area contributed by atoms with Gasteiger partial charge >= 0.3 is 0 Å². The first-order chi connectivity index (χ1) is 14.5. The summed E-state index contributed by atoms with van der Waals surface area (Å²) in [5, 5.41) is 2.78. The second-order valence-electron chi connectivity index (χ2n) is 8.68. The van der Waals surface area contributed by atoms with Crippen molar-refractivity contribution in [3.05, 3.63) is 42.0 Å². The predicted octanol–water partition coefficient (Wildman–Crippen LogP) is 2.92. The van der Waals surface area contributed by atoms with Crippen molar-refractivity contribution >= 4 is 27.3 Å². The molecule has 1 N–H and O–H groups in total. The number of amides is 1. The number of benzene rings is 2. The molecule has 166 valence electrons. The first-order valence-corrected chi connectivity index (χ1v) is 11.9. The number of carbonyl (C=O) groups excluding carboxylic acids is 1. The van der Waals surface area contributed by atoms with Crippen LogP contribution in [-0.2, 0) is 20.2 Å². The molecule has 0 spiro atoms. The van der Waals surface area contributed by atoms with E-state index in [1.54, 1.807) is 24.3 Å². The molecule has 2 aliphatic heterocycles. The summed E-state index contributed by atoms with van der Waals surface area (Å²) in [6.07, 6.45) is 0.123. The zero-order valence-corrected chi connectivity index (χ0v) is 18.8. The lowest BCUT2D eigenvalue weighted by atomic mass is 9.86. The molecular formula is C22H26N2O6S. The van der Waals surface area contributed by atoms with Crippen LogP contribution in [0.5, 0.6) is 17.2 Å². The summed E-state index contributed by atoms with van der Waals surface area (Å²) in [5.74, 6) is 1.07. The summed E-state index contributed by atoms with van der Waals surface area (Å²) in [7, 11) is -3.62. The SMILES string of the molecule is CC(C)(C)c1ccc2c(c1)N(S(C)(=O)=O)C[C@H](C(=O)Nc1ccc3c(c1)OCCO3)O2. The van der Waals surface area contributed by atoms with Crippen LogP contribution in [0.4, 0.5) is 11.4 Å². The Labute approximate surface area is 182 Å². The highest BCUT2D eigenvalue weighted by Gasteiger charge is 2.36. The van der Waals surface area contributed by atoms with Gasteiger partial charge in [-0.15, -0.1) is 0 Å². The fourth-order valence-corrected chi connectivity index (χ4v) is 4.42. The molecule has 1 amide bonds. The monoisotopic (exact) mass is 446 g/mol. The molecule has 0 aliphatic carbocycles. The number of fused-ring (bicyclic) bond motifs is 2. The minimum atomic E-state index is -3.62. The van der Waals surface area contributed by atoms with Crippen molar-refractivity contribution in [1.29, 1.82) is 0 Å². The number of hydrogen-bond acceptors (Lipinski definition) is 6. The number of sulfonamides is 1. The van der Waals surface area contributed by atoms with Crippen LogP contribution < -0.4 is 23.8 Å². The maximum Gasteiger partial charge on any atom is 0.267 e. The number of anilines is 2. The van der Waals surface area contributed by atoms with E-state index in [0.717, 1.165) is 11.8 Å². The summed E-state index contributed by atoms with van der Waals surface area (Å²) < 4.78 is 43.2. The highest BCUT2D eigenvalue weighted by Crippen LogP contribution is 2.39. The zero-order chi connectivity index (χ0) is 22.4. The second-order valence-corrected chi connectivity index (χ2v) is 10.6. The summed E-state index contributed by atoms with van der Waals surface area (Å²) in [4.78, 5) is 12.9. The van der Waals surface area contributed by atoms with Gasteiger partial charge in [-0.3, -0.25) is 9.10 Å². The maximum absolute atomic E-state index is 12.9. The topological polar surface area (TPSA) is 94.2 Å². The number of rotatable bonds is 3. The van der Waals surface area contributed by atoms with Gasteiger partial charge in [0.25, 0.3) is 5.91 Å². The molecule has 2 aromatic carbocycles. The van der Waals surface area contributed by atoms with Crippen LogP contribution in [0.15, 0.2) is 36.4 Å². The highest BCUT2D eigenvalue weighted by atomic mass is 32.2. The Morgan fingerprint density at radius 2 is 1.71 bits per heavy atom. The van der Waals surface area contributed by atoms with Crippen molar-refractivity contribution in [3.8, 4) is 17.2 Å². The van der Waals surface area contributed by atoms with Crippen molar-refractivity contribution in [2.45, 2.75) is 32.3 Å². The molecule has 4 rings (SSSR count). The maximum atomic E-state index is 12.9. The standard InChI is InChI=1S/C22H26N2O6S/c1-22(2,3)14-5-7-17-16(11-14)24(31(4,26)27)13-20(30-17)21(25)23-15-6-8-18-19(12-15)29-10-9-28-18/h5-8,11-12,20H,9-10,13H2,1-4H3,(H,23,25)/t20-/m1/s1. The Bertz CT molecular complexity index is 1120. The zero-order valence-electron chi connectivity index (χ0n) is 18.0. The summed E-state index contributed by atoms with van der Waals surface area (Å²) in [5.41, 5.74) is 1.77. The Morgan fingerprint density at radius 3 is 2.39 bits per heavy atom. The first-order valence-electron chi connectivity index (χ1n) is 10.0. The quantitative estimate of drug-likeness (QED) is 0.779. The molecule has 2 heterocycles. The van der Waals surface area contributed by atoms with E-state index in [1.807, 2.05) is 32.9 Å². The van der Waals surface area contributed by atoms with Gasteiger partial charge < -0.3 is 19.5 Å². The smallest absolute Gasteiger partial charge is 0.267 e. The van der Waals surface area contributed by atoms with Gasteiger partial charge in [-0.25, -0.2) is 8.42 Å². The van der Waals surface area contributed by atoms with Crippen LogP contribution in [0.2, 0.25) is 0 Å². The number of hydrogen-bond donors (Lipinski definition) is 1. The van der Waals surface area contributed by atoms with Gasteiger partial charge in [0.05, 0.1) is 18.5 Å². The number of carbonyl (C=O) groups is 1. The summed E-state index contributed by atoms with van der Waals surface area (Å²) >= 11 is 0. The third-order valence-corrected chi connectivity index (χ3v) is 6.34. The lowest BCUT2D eigenvalue weighted by Crippen LogP contribution is -2.48. The van der Waals surface area contributed by atoms with Crippen LogP contribution in [0, 0.1) is 0 Å². The normalized spacial score (nSPS) is 18.1. The first kappa shape index (κ1) is 21.3. The van der Waals surface area contributed by atoms with E-state index in [2.05, 4.69) is 5.32 Å². The molecule has 0 saturated carbocycles. The van der Waals surface area contributed by atoms with Gasteiger partial charge in [-0.1, -0.05) is 26.8 Å². The van der Waals surface area contributed by atoms with E-state index in [0.29, 0.717) is 41.8 Å². The number of nitrogens with zero attached hydrogens (tertiary/aromatic N) is 1. The van der Waals surface area contributed by atoms with E-state index in [9.17, 15) is 13.2 Å². The van der Waals surface area contributed by atoms with E-state index in [1.165, 1.54) is 4.31 Å². The van der Waals surface area contributed by atoms with Gasteiger partial charge in [0.2, 0.25) is 10.0 Å². The van der Waals surface area contributed by atoms with Crippen molar-refractivity contribution in [2.24, 2.45) is 0 Å². The number of nitrogens with one attached hydrogen (secondary N) is 1. The molecule has 0 aromatic heterocycles. The van der Waals surface area contributed by atoms with Crippen LogP contribution in [0.25, 0.3) is 0 Å². The Hall–Kier alpha value is -2.94. The van der Waals surface area contributed by atoms with Crippen molar-refractivity contribution in [2.75, 3.05) is 35.6 Å². The lowest BCUT2D eigenvalue weighted by Gasteiger charge is -2.35. The molecule has 2 aromatic rings. The predicted molar refractivity (Wildman–Crippen MR) is 118 cm³/mol. The second kappa shape index (κ2) is 7.64. The lowest BCUT2D eigenvalue weighted by molar-refractivity contribution is -0.122. The van der Waals surface area contributed by atoms with Gasteiger partial charge in [0.1, 0.15) is 19.0 Å². The third-order valence-electron chi connectivity index (χ3n) is 5.20. The molecular weight excluding hydrogens is 420 g/mol. The molecule has 0 fully saturated rings. The Morgan fingerprint density at radius 1 is 1.03 bits per heavy atom. The summed E-state index contributed by atoms with van der Waals surface area (Å²) in [6.45, 7) is 6.95. The Kier molecular flexibility index (Phi) is 5.25. The van der Waals surface area contributed by atoms with Crippen molar-refractivity contribution in [3.63, 3.8) is 0 Å². The molecule has 0 saturated heterocycles. The van der Waals surface area contributed by atoms with Crippen LogP contribution in [0.1, 0.15) is 26.3 Å². The Balaban J connectivity index is 1.60. The fourth-order valence-electron chi connectivity index (χ4n) is 3.51. The van der Waals surface area contributed by atoms with Gasteiger partial charge in [0, 0.05) is 11.8 Å². The minimum absolute atomic E-state index is 0.115. The molecule has 0 radical (unpaired) electrons. The van der Waals surface area contributed by atoms with Gasteiger partial charge in [-0.2, -0.15) is 0 Å². The average molecular weight is 447 g/mol. The van der Waals surface area contributed by atoms with E-state index < -0.39 is 22.0 Å². The van der Waals surface area contributed by atoms with E-state index in [-0.39, 0.29) is 12.0 Å². The van der Waals surface area contributed by atoms with Crippen molar-refractivity contribution in [1.82, 2.24) is 0 Å². The average Bonchev–Trinajstić information content (AvgIpc) is 2.71. The summed E-state index contributed by atoms with van der Waals surface area (Å²) in [6, 6.07) is 10.5. The van der Waals surface area contributed by atoms with Crippen LogP contribution in [0.3, 0.4) is 0 Å². The van der Waals surface area contributed by atoms with Gasteiger partial charge in [-0.05, 0) is 35.2 Å². The number of ether oxygens (including phenoxy) is 3. The highest BCUT2D eigenvalue weighted by molar-refractivity contribution is 7.92. The van der Waals surface area contributed by atoms with Crippen LogP contribution in [-0.4, -0.2) is 46.4 Å². The molecule has 2 aliphatic rings. The molecule has 8 nitrogen and oxygen atoms in total. The minimum Gasteiger partial charge on any atom is -0.486 e. The molecule has 9 heteroatoms. The largest absolute Gasteiger partial charge is 0.486 e. The van der Waals surface area contributed by atoms with E-state index in [4.69, 9.17) is 14.2 Å². The molecule has 1 atom stereocenters. The third kappa shape index (κ3) is 4.41. The molecule has 0 unspecified atom stereocenters. The molecule has 31 heavy (non-hydrogen) atoms. The van der Waals surface area contributed by atoms with Crippen LogP contribution >= 0.6 is 0 Å². The van der Waals surface area contributed by atoms with Gasteiger partial charge in [0.15, 0.2) is 17.6 Å². The van der Waals surface area contributed by atoms with E-state index >= 15 is 0 Å². The fraction of sp³-hybridized carbons (Fsp3) is 0.409. The molecule has 0 bridgehead atoms.